The molecule has 16 heavy (non-hydrogen) atoms. The predicted octanol–water partition coefficient (Wildman–Crippen LogP) is 3.41. The molecule has 2 aliphatic carbocycles. The van der Waals surface area contributed by atoms with Crippen molar-refractivity contribution in [2.24, 2.45) is 5.92 Å². The Balaban J connectivity index is 1.84. The van der Waals surface area contributed by atoms with Crippen LogP contribution in [0.25, 0.3) is 0 Å². The van der Waals surface area contributed by atoms with Crippen molar-refractivity contribution in [1.82, 2.24) is 0 Å². The molecule has 1 heterocycles. The van der Waals surface area contributed by atoms with Crippen LogP contribution in [0, 0.1) is 5.92 Å². The van der Waals surface area contributed by atoms with Crippen LogP contribution in [0.2, 0.25) is 5.31 Å². The lowest BCUT2D eigenvalue weighted by Gasteiger charge is -2.32. The van der Waals surface area contributed by atoms with Crippen LogP contribution in [0.15, 0.2) is 0 Å². The van der Waals surface area contributed by atoms with Crippen molar-refractivity contribution >= 4 is 7.12 Å². The maximum Gasteiger partial charge on any atom is 0.464 e. The Hall–Kier alpha value is -0.0151. The molecule has 90 valence electrons. The van der Waals surface area contributed by atoms with Gasteiger partial charge in [-0.05, 0) is 52.9 Å². The fraction of sp³-hybridized carbons (Fsp3) is 1.00. The quantitative estimate of drug-likeness (QED) is 0.633. The molecule has 0 amide bonds. The van der Waals surface area contributed by atoms with Crippen molar-refractivity contribution in [1.29, 1.82) is 0 Å². The average molecular weight is 222 g/mol. The standard InChI is InChI=1S/C13H23BO2/c1-11(2)12(3,4)16-14(15-11)13-7-5-10(9-13)6-8-13/h10H,5-9H2,1-4H3. The van der Waals surface area contributed by atoms with Crippen LogP contribution in [0.4, 0.5) is 0 Å². The Labute approximate surface area is 99.2 Å². The molecule has 1 saturated heterocycles. The van der Waals surface area contributed by atoms with Gasteiger partial charge in [-0.3, -0.25) is 0 Å². The van der Waals surface area contributed by atoms with Crippen molar-refractivity contribution in [3.63, 3.8) is 0 Å². The summed E-state index contributed by atoms with van der Waals surface area (Å²) in [5.74, 6) is 0.957. The topological polar surface area (TPSA) is 18.5 Å². The van der Waals surface area contributed by atoms with Crippen molar-refractivity contribution in [2.75, 3.05) is 0 Å². The zero-order valence-corrected chi connectivity index (χ0v) is 11.0. The van der Waals surface area contributed by atoms with Crippen LogP contribution in [0.3, 0.4) is 0 Å². The second-order valence-corrected chi connectivity index (χ2v) is 7.10. The van der Waals surface area contributed by atoms with E-state index in [1.807, 2.05) is 0 Å². The van der Waals surface area contributed by atoms with E-state index < -0.39 is 0 Å². The zero-order chi connectivity index (χ0) is 11.6. The van der Waals surface area contributed by atoms with E-state index in [4.69, 9.17) is 9.31 Å². The molecule has 2 saturated carbocycles. The fourth-order valence-corrected chi connectivity index (χ4v) is 3.66. The summed E-state index contributed by atoms with van der Waals surface area (Å²) in [6, 6.07) is 0. The third-order valence-corrected chi connectivity index (χ3v) is 5.55. The summed E-state index contributed by atoms with van der Waals surface area (Å²) < 4.78 is 12.5. The van der Waals surface area contributed by atoms with E-state index >= 15 is 0 Å². The Kier molecular flexibility index (Phi) is 2.12. The minimum absolute atomic E-state index is 0.0463. The second kappa shape index (κ2) is 3.05. The first-order chi connectivity index (χ1) is 7.35. The first-order valence-corrected chi connectivity index (χ1v) is 6.70. The molecule has 2 nitrogen and oxygen atoms in total. The van der Waals surface area contributed by atoms with Crippen molar-refractivity contribution in [3.8, 4) is 0 Å². The third-order valence-electron chi connectivity index (χ3n) is 5.55. The second-order valence-electron chi connectivity index (χ2n) is 7.10. The van der Waals surface area contributed by atoms with Gasteiger partial charge in [0.05, 0.1) is 11.2 Å². The molecule has 0 aromatic heterocycles. The Morgan fingerprint density at radius 3 is 1.81 bits per heavy atom. The highest BCUT2D eigenvalue weighted by Crippen LogP contribution is 2.63. The predicted molar refractivity (Wildman–Crippen MR) is 65.4 cm³/mol. The largest absolute Gasteiger partial charge is 0.464 e. The molecule has 0 atom stereocenters. The van der Waals surface area contributed by atoms with Gasteiger partial charge in [-0.25, -0.2) is 0 Å². The summed E-state index contributed by atoms with van der Waals surface area (Å²) in [6.07, 6.45) is 6.75. The first-order valence-electron chi connectivity index (χ1n) is 6.70. The molecule has 3 fully saturated rings. The number of hydrogen-bond donors (Lipinski definition) is 0. The van der Waals surface area contributed by atoms with E-state index in [1.165, 1.54) is 32.1 Å². The molecule has 0 aromatic rings. The van der Waals surface area contributed by atoms with Gasteiger partial charge in [0.15, 0.2) is 0 Å². The van der Waals surface area contributed by atoms with Crippen LogP contribution in [0.5, 0.6) is 0 Å². The highest BCUT2D eigenvalue weighted by atomic mass is 16.7. The highest BCUT2D eigenvalue weighted by Gasteiger charge is 2.62. The lowest BCUT2D eigenvalue weighted by atomic mass is 9.55. The van der Waals surface area contributed by atoms with E-state index in [9.17, 15) is 0 Å². The van der Waals surface area contributed by atoms with Crippen LogP contribution in [-0.2, 0) is 9.31 Å². The maximum absolute atomic E-state index is 6.25. The van der Waals surface area contributed by atoms with Crippen LogP contribution in [0.1, 0.15) is 59.8 Å². The number of hydrogen-bond acceptors (Lipinski definition) is 2. The lowest BCUT2D eigenvalue weighted by molar-refractivity contribution is 0.00578. The van der Waals surface area contributed by atoms with Crippen LogP contribution in [-0.4, -0.2) is 18.3 Å². The minimum atomic E-state index is -0.160. The smallest absolute Gasteiger partial charge is 0.403 e. The lowest BCUT2D eigenvalue weighted by Crippen LogP contribution is -2.41. The van der Waals surface area contributed by atoms with E-state index in [-0.39, 0.29) is 18.3 Å². The molecule has 3 rings (SSSR count). The Morgan fingerprint density at radius 2 is 1.44 bits per heavy atom. The molecule has 2 bridgehead atoms. The van der Waals surface area contributed by atoms with Gasteiger partial charge in [0.2, 0.25) is 0 Å². The van der Waals surface area contributed by atoms with Gasteiger partial charge in [-0.2, -0.15) is 0 Å². The zero-order valence-electron chi connectivity index (χ0n) is 11.0. The van der Waals surface area contributed by atoms with E-state index in [1.54, 1.807) is 0 Å². The number of rotatable bonds is 1. The molecular formula is C13H23BO2. The maximum atomic E-state index is 6.25. The molecule has 0 unspecified atom stereocenters. The van der Waals surface area contributed by atoms with E-state index in [0.717, 1.165) is 5.92 Å². The van der Waals surface area contributed by atoms with Gasteiger partial charge in [-0.15, -0.1) is 0 Å². The van der Waals surface area contributed by atoms with Crippen LogP contribution >= 0.6 is 0 Å². The van der Waals surface area contributed by atoms with Gasteiger partial charge in [-0.1, -0.05) is 12.8 Å². The van der Waals surface area contributed by atoms with E-state index in [2.05, 4.69) is 27.7 Å². The minimum Gasteiger partial charge on any atom is -0.403 e. The van der Waals surface area contributed by atoms with Crippen molar-refractivity contribution in [2.45, 2.75) is 76.3 Å². The number of fused-ring (bicyclic) bond motifs is 2. The summed E-state index contributed by atoms with van der Waals surface area (Å²) >= 11 is 0. The molecule has 1 aliphatic heterocycles. The molecule has 0 aromatic carbocycles. The fourth-order valence-electron chi connectivity index (χ4n) is 3.66. The highest BCUT2D eigenvalue weighted by molar-refractivity contribution is 6.50. The molecule has 3 aliphatic rings. The Bertz CT molecular complexity index is 287. The van der Waals surface area contributed by atoms with Crippen molar-refractivity contribution in [3.05, 3.63) is 0 Å². The van der Waals surface area contributed by atoms with Gasteiger partial charge in [0, 0.05) is 5.31 Å². The van der Waals surface area contributed by atoms with Crippen LogP contribution < -0.4 is 0 Å². The Morgan fingerprint density at radius 1 is 0.938 bits per heavy atom. The normalized spacial score (nSPS) is 44.2. The SMILES string of the molecule is CC1(C)OB(C23CCC(CC2)C3)OC1(C)C. The van der Waals surface area contributed by atoms with Gasteiger partial charge in [0.25, 0.3) is 0 Å². The summed E-state index contributed by atoms with van der Waals surface area (Å²) in [7, 11) is 0.0463. The summed E-state index contributed by atoms with van der Waals surface area (Å²) in [6.45, 7) is 8.63. The van der Waals surface area contributed by atoms with E-state index in [0.29, 0.717) is 5.31 Å². The third kappa shape index (κ3) is 1.34. The molecule has 3 heteroatoms. The van der Waals surface area contributed by atoms with Crippen molar-refractivity contribution < 1.29 is 9.31 Å². The average Bonchev–Trinajstić information content (AvgIpc) is 2.80. The summed E-state index contributed by atoms with van der Waals surface area (Å²) in [5.41, 5.74) is -0.319. The summed E-state index contributed by atoms with van der Waals surface area (Å²) in [4.78, 5) is 0. The molecular weight excluding hydrogens is 199 g/mol. The van der Waals surface area contributed by atoms with Gasteiger partial charge in [0.1, 0.15) is 0 Å². The van der Waals surface area contributed by atoms with Gasteiger partial charge >= 0.3 is 7.12 Å². The molecule has 0 radical (unpaired) electrons. The van der Waals surface area contributed by atoms with Gasteiger partial charge < -0.3 is 9.31 Å². The molecule has 0 spiro atoms. The summed E-state index contributed by atoms with van der Waals surface area (Å²) in [5, 5.41) is 0.357. The first kappa shape index (κ1) is 11.1. The molecule has 0 N–H and O–H groups in total. The monoisotopic (exact) mass is 222 g/mol.